The topological polar surface area (TPSA) is 29.5 Å². The van der Waals surface area contributed by atoms with Gasteiger partial charge in [-0.3, -0.25) is 0 Å². The van der Waals surface area contributed by atoms with Crippen LogP contribution in [0.4, 0.5) is 13.2 Å². The number of nitrogens with zero attached hydrogens (tertiary/aromatic N) is 1. The lowest BCUT2D eigenvalue weighted by Crippen LogP contribution is -2.74. The van der Waals surface area contributed by atoms with E-state index in [0.29, 0.717) is 17.1 Å². The molecule has 0 atom stereocenters. The van der Waals surface area contributed by atoms with Crippen LogP contribution in [0.5, 0.6) is 0 Å². The molecule has 0 fully saturated rings. The predicted octanol–water partition coefficient (Wildman–Crippen LogP) is 2.68. The second-order valence-electron chi connectivity index (χ2n) is 3.70. The Morgan fingerprint density at radius 3 is 2.78 bits per heavy atom. The average molecular weight is 272 g/mol. The van der Waals surface area contributed by atoms with E-state index in [4.69, 9.17) is 0 Å². The lowest BCUT2D eigenvalue weighted by Gasteiger charge is -2.07. The summed E-state index contributed by atoms with van der Waals surface area (Å²) in [5, 5.41) is 2.33. The molecule has 1 aromatic carbocycles. The fraction of sp³-hybridized carbons (Fsp3) is 0.167. The zero-order chi connectivity index (χ0) is 13.2. The van der Waals surface area contributed by atoms with Gasteiger partial charge in [-0.1, -0.05) is 12.1 Å². The second kappa shape index (κ2) is 5.07. The number of quaternary nitrogens is 1. The standard InChI is InChI=1S/C12H11F3N2S/c1-16-6-10-7-17-11(18-10)8-3-2-4-9(5-8)12(13,14)15/h2-5,7H,1,6,16H2. The zero-order valence-electron chi connectivity index (χ0n) is 9.37. The molecular weight excluding hydrogens is 261 g/mol. The van der Waals surface area contributed by atoms with Gasteiger partial charge in [0.1, 0.15) is 5.01 Å². The fourth-order valence-electron chi connectivity index (χ4n) is 1.51. The van der Waals surface area contributed by atoms with Crippen LogP contribution < -0.4 is 5.32 Å². The van der Waals surface area contributed by atoms with Crippen LogP contribution in [0.15, 0.2) is 30.5 Å². The van der Waals surface area contributed by atoms with Gasteiger partial charge >= 0.3 is 6.18 Å². The van der Waals surface area contributed by atoms with Crippen molar-refractivity contribution in [1.29, 1.82) is 0 Å². The normalized spacial score (nSPS) is 11.8. The van der Waals surface area contributed by atoms with Crippen LogP contribution in [0.2, 0.25) is 0 Å². The van der Waals surface area contributed by atoms with Gasteiger partial charge in [0.25, 0.3) is 0 Å². The summed E-state index contributed by atoms with van der Waals surface area (Å²) >= 11 is 1.38. The Labute approximate surface area is 106 Å². The molecule has 1 heterocycles. The van der Waals surface area contributed by atoms with E-state index in [1.165, 1.54) is 17.4 Å². The lowest BCUT2D eigenvalue weighted by molar-refractivity contribution is -0.611. The summed E-state index contributed by atoms with van der Waals surface area (Å²) in [5.41, 5.74) is -0.161. The largest absolute Gasteiger partial charge is 0.474 e. The van der Waals surface area contributed by atoms with Crippen LogP contribution in [-0.2, 0) is 12.7 Å². The van der Waals surface area contributed by atoms with Crippen LogP contribution in [-0.4, -0.2) is 4.98 Å². The molecule has 6 heteroatoms. The molecule has 0 aliphatic carbocycles. The maximum Gasteiger partial charge on any atom is 0.416 e. The van der Waals surface area contributed by atoms with Crippen molar-refractivity contribution < 1.29 is 18.5 Å². The lowest BCUT2D eigenvalue weighted by atomic mass is 10.1. The third-order valence-corrected chi connectivity index (χ3v) is 3.40. The minimum Gasteiger partial charge on any atom is -0.474 e. The minimum absolute atomic E-state index is 0.491. The fourth-order valence-corrected chi connectivity index (χ4v) is 2.41. The number of aromatic nitrogens is 1. The summed E-state index contributed by atoms with van der Waals surface area (Å²) in [6.45, 7) is 0.677. The Bertz CT molecular complexity index is 534. The van der Waals surface area contributed by atoms with Gasteiger partial charge in [0.2, 0.25) is 0 Å². The summed E-state index contributed by atoms with van der Waals surface area (Å²) in [6, 6.07) is 5.21. The third kappa shape index (κ3) is 2.88. The van der Waals surface area contributed by atoms with Crippen molar-refractivity contribution in [2.75, 3.05) is 0 Å². The van der Waals surface area contributed by atoms with E-state index in [1.54, 1.807) is 17.6 Å². The van der Waals surface area contributed by atoms with Gasteiger partial charge in [0.15, 0.2) is 0 Å². The van der Waals surface area contributed by atoms with E-state index in [-0.39, 0.29) is 0 Å². The number of alkyl halides is 3. The predicted molar refractivity (Wildman–Crippen MR) is 63.5 cm³/mol. The van der Waals surface area contributed by atoms with Crippen molar-refractivity contribution in [3.63, 3.8) is 0 Å². The Balaban J connectivity index is 2.32. The van der Waals surface area contributed by atoms with Crippen LogP contribution in [0.3, 0.4) is 0 Å². The van der Waals surface area contributed by atoms with E-state index in [0.717, 1.165) is 17.0 Å². The van der Waals surface area contributed by atoms with Gasteiger partial charge in [0, 0.05) is 11.8 Å². The summed E-state index contributed by atoms with van der Waals surface area (Å²) in [5.74, 6) is 0. The van der Waals surface area contributed by atoms with Gasteiger partial charge in [-0.2, -0.15) is 20.2 Å². The number of hydrogen-bond acceptors (Lipinski definition) is 2. The smallest absolute Gasteiger partial charge is 0.416 e. The Morgan fingerprint density at radius 2 is 2.11 bits per heavy atom. The quantitative estimate of drug-likeness (QED) is 0.855. The summed E-state index contributed by atoms with van der Waals surface area (Å²) < 4.78 is 37.7. The Hall–Kier alpha value is -1.40. The number of thiazole rings is 1. The van der Waals surface area contributed by atoms with Gasteiger partial charge in [0.05, 0.1) is 17.0 Å². The molecule has 0 saturated heterocycles. The molecular formula is C12H11F3N2S. The molecule has 2 rings (SSSR count). The van der Waals surface area contributed by atoms with Gasteiger partial charge < -0.3 is 5.32 Å². The van der Waals surface area contributed by atoms with Crippen molar-refractivity contribution in [2.24, 2.45) is 0 Å². The highest BCUT2D eigenvalue weighted by Gasteiger charge is 2.30. The first kappa shape index (κ1) is 13.0. The van der Waals surface area contributed by atoms with E-state index in [2.05, 4.69) is 12.0 Å². The molecule has 2 nitrogen and oxygen atoms in total. The maximum atomic E-state index is 12.6. The monoisotopic (exact) mass is 272 g/mol. The van der Waals surface area contributed by atoms with Gasteiger partial charge in [-0.15, -0.1) is 11.3 Å². The highest BCUT2D eigenvalue weighted by molar-refractivity contribution is 7.15. The number of halogens is 3. The summed E-state index contributed by atoms with van der Waals surface area (Å²) in [7, 11) is 3.61. The van der Waals surface area contributed by atoms with E-state index in [1.807, 2.05) is 0 Å². The van der Waals surface area contributed by atoms with Gasteiger partial charge in [-0.25, -0.2) is 4.98 Å². The van der Waals surface area contributed by atoms with Crippen molar-refractivity contribution in [1.82, 2.24) is 4.98 Å². The molecule has 18 heavy (non-hydrogen) atoms. The number of rotatable bonds is 3. The van der Waals surface area contributed by atoms with Crippen molar-refractivity contribution >= 4 is 11.3 Å². The molecule has 1 aromatic heterocycles. The molecule has 2 aromatic rings. The highest BCUT2D eigenvalue weighted by Crippen LogP contribution is 2.33. The molecule has 0 aliphatic rings. The number of nitrogens with two attached hydrogens (primary N) is 1. The zero-order valence-corrected chi connectivity index (χ0v) is 10.2. The van der Waals surface area contributed by atoms with Crippen LogP contribution in [0, 0.1) is 7.05 Å². The summed E-state index contributed by atoms with van der Waals surface area (Å²) in [4.78, 5) is 5.12. The van der Waals surface area contributed by atoms with Crippen molar-refractivity contribution in [3.8, 4) is 10.6 Å². The molecule has 96 valence electrons. The first-order chi connectivity index (χ1) is 8.50. The molecule has 0 saturated carbocycles. The molecule has 0 unspecified atom stereocenters. The number of hydrogen-bond donors (Lipinski definition) is 1. The third-order valence-electron chi connectivity index (χ3n) is 2.34. The minimum atomic E-state index is -4.32. The van der Waals surface area contributed by atoms with Gasteiger partial charge in [-0.05, 0) is 12.1 Å². The average Bonchev–Trinajstić information content (AvgIpc) is 2.77. The molecule has 0 spiro atoms. The SMILES string of the molecule is [CH2-][NH2+]Cc1cnc(-c2cccc(C(F)(F)F)c2)s1. The van der Waals surface area contributed by atoms with Crippen LogP contribution >= 0.6 is 11.3 Å². The Morgan fingerprint density at radius 1 is 1.33 bits per heavy atom. The van der Waals surface area contributed by atoms with Crippen molar-refractivity contribution in [2.45, 2.75) is 12.7 Å². The Kier molecular flexibility index (Phi) is 3.68. The molecule has 0 radical (unpaired) electrons. The molecule has 0 bridgehead atoms. The summed E-state index contributed by atoms with van der Waals surface area (Å²) in [6.07, 6.45) is -2.65. The van der Waals surface area contributed by atoms with E-state index >= 15 is 0 Å². The second-order valence-corrected chi connectivity index (χ2v) is 4.82. The van der Waals surface area contributed by atoms with Crippen LogP contribution in [0.1, 0.15) is 10.4 Å². The maximum absolute atomic E-state index is 12.6. The first-order valence-electron chi connectivity index (χ1n) is 5.24. The molecule has 0 amide bonds. The van der Waals surface area contributed by atoms with Crippen LogP contribution in [0.25, 0.3) is 10.6 Å². The molecule has 0 aliphatic heterocycles. The van der Waals surface area contributed by atoms with Crippen molar-refractivity contribution in [3.05, 3.63) is 48.0 Å². The van der Waals surface area contributed by atoms with E-state index in [9.17, 15) is 13.2 Å². The highest BCUT2D eigenvalue weighted by atomic mass is 32.1. The number of benzene rings is 1. The van der Waals surface area contributed by atoms with E-state index < -0.39 is 11.7 Å². The molecule has 2 N–H and O–H groups in total. The first-order valence-corrected chi connectivity index (χ1v) is 6.05.